The van der Waals surface area contributed by atoms with Crippen LogP contribution in [0.25, 0.3) is 0 Å². The van der Waals surface area contributed by atoms with Gasteiger partial charge in [-0.25, -0.2) is 4.39 Å². The van der Waals surface area contributed by atoms with E-state index in [9.17, 15) is 4.39 Å². The zero-order valence-corrected chi connectivity index (χ0v) is 4.56. The van der Waals surface area contributed by atoms with Crippen LogP contribution in [0.5, 0.6) is 0 Å². The maximum atomic E-state index is 11.8. The molecule has 1 aliphatic heterocycles. The second-order valence-electron chi connectivity index (χ2n) is 2.16. The van der Waals surface area contributed by atoms with Crippen LogP contribution >= 0.6 is 0 Å². The lowest BCUT2D eigenvalue weighted by Crippen LogP contribution is -2.30. The number of ether oxygens (including phenoxy) is 1. The van der Waals surface area contributed by atoms with E-state index in [1.807, 2.05) is 0 Å². The Balaban J connectivity index is 2.40. The van der Waals surface area contributed by atoms with Crippen molar-refractivity contribution in [2.24, 2.45) is 0 Å². The maximum Gasteiger partial charge on any atom is 0.120 e. The molecule has 0 aromatic carbocycles. The van der Waals surface area contributed by atoms with E-state index in [0.29, 0.717) is 13.0 Å². The Morgan fingerprint density at radius 1 is 1.75 bits per heavy atom. The van der Waals surface area contributed by atoms with Crippen LogP contribution in [0.2, 0.25) is 0 Å². The van der Waals surface area contributed by atoms with Crippen molar-refractivity contribution in [2.45, 2.75) is 12.0 Å². The first-order chi connectivity index (χ1) is 3.77. The van der Waals surface area contributed by atoms with Gasteiger partial charge in [0.25, 0.3) is 0 Å². The predicted molar refractivity (Wildman–Crippen MR) is 26.4 cm³/mol. The molecule has 2 nitrogen and oxygen atoms in total. The Bertz CT molecular complexity index is 78.5. The van der Waals surface area contributed by atoms with Gasteiger partial charge in [0.2, 0.25) is 0 Å². The fraction of sp³-hybridized carbons (Fsp3) is 1.00. The first kappa shape index (κ1) is 5.98. The van der Waals surface area contributed by atoms with Crippen molar-refractivity contribution in [3.63, 3.8) is 0 Å². The summed E-state index contributed by atoms with van der Waals surface area (Å²) in [4.78, 5) is 0. The summed E-state index contributed by atoms with van der Waals surface area (Å²) in [5, 5.41) is 9.00. The van der Waals surface area contributed by atoms with E-state index in [-0.39, 0.29) is 6.61 Å². The first-order valence-electron chi connectivity index (χ1n) is 2.63. The maximum absolute atomic E-state index is 11.8. The molecule has 0 amide bonds. The molecule has 1 aliphatic rings. The van der Waals surface area contributed by atoms with Crippen LogP contribution in [0.3, 0.4) is 0 Å². The van der Waals surface area contributed by atoms with Gasteiger partial charge in [0.15, 0.2) is 0 Å². The van der Waals surface area contributed by atoms with E-state index >= 15 is 0 Å². The largest absolute Gasteiger partial charge is 0.385 e. The van der Waals surface area contributed by atoms with E-state index in [4.69, 9.17) is 9.84 Å². The second kappa shape index (κ2) is 1.99. The Morgan fingerprint density at radius 3 is 2.75 bits per heavy atom. The minimum atomic E-state index is -1.15. The van der Waals surface area contributed by atoms with Gasteiger partial charge in [-0.1, -0.05) is 0 Å². The van der Waals surface area contributed by atoms with Gasteiger partial charge < -0.3 is 9.84 Å². The van der Waals surface area contributed by atoms with Gasteiger partial charge in [0, 0.05) is 13.0 Å². The highest BCUT2D eigenvalue weighted by Gasteiger charge is 2.31. The van der Waals surface area contributed by atoms with Crippen molar-refractivity contribution in [3.8, 4) is 0 Å². The summed E-state index contributed by atoms with van der Waals surface area (Å²) >= 11 is 0. The minimum Gasteiger partial charge on any atom is -0.385 e. The minimum absolute atomic E-state index is 0.156. The second-order valence-corrected chi connectivity index (χ2v) is 2.16. The van der Waals surface area contributed by atoms with Crippen molar-refractivity contribution >= 4 is 0 Å². The molecule has 1 unspecified atom stereocenters. The molecule has 1 fully saturated rings. The third kappa shape index (κ3) is 0.980. The lowest BCUT2D eigenvalue weighted by atomic mass is 10.1. The molecule has 0 spiro atoms. The van der Waals surface area contributed by atoms with E-state index in [1.165, 1.54) is 0 Å². The number of hydrogen-bond acceptors (Lipinski definition) is 2. The summed E-state index contributed by atoms with van der Waals surface area (Å²) in [5.74, 6) is 0. The van der Waals surface area contributed by atoms with E-state index in [1.54, 1.807) is 0 Å². The average Bonchev–Trinajstić information content (AvgIpc) is 2.17. The summed E-state index contributed by atoms with van der Waals surface area (Å²) < 4.78 is 16.5. The molecule has 0 radical (unpaired) electrons. The Morgan fingerprint density at radius 2 is 2.50 bits per heavy atom. The first-order valence-corrected chi connectivity index (χ1v) is 2.63. The summed E-state index contributed by atoms with van der Waals surface area (Å²) in [6, 6.07) is 0. The van der Waals surface area contributed by atoms with Crippen LogP contribution in [-0.4, -0.2) is 30.6 Å². The van der Waals surface area contributed by atoms with Crippen molar-refractivity contribution in [3.05, 3.63) is 0 Å². The van der Waals surface area contributed by atoms with Gasteiger partial charge in [0.1, 0.15) is 12.3 Å². The summed E-state index contributed by atoms with van der Waals surface area (Å²) in [5.41, 5.74) is -1.15. The van der Waals surface area contributed by atoms with Gasteiger partial charge in [0.05, 0.1) is 6.61 Å². The zero-order chi connectivity index (χ0) is 6.04. The molecule has 0 aromatic heterocycles. The van der Waals surface area contributed by atoms with Gasteiger partial charge in [-0.15, -0.1) is 0 Å². The van der Waals surface area contributed by atoms with Crippen LogP contribution in [0.15, 0.2) is 0 Å². The fourth-order valence-corrected chi connectivity index (χ4v) is 0.702. The van der Waals surface area contributed by atoms with Crippen molar-refractivity contribution < 1.29 is 14.2 Å². The normalized spacial score (nSPS) is 38.2. The molecule has 1 heterocycles. The monoisotopic (exact) mass is 120 g/mol. The van der Waals surface area contributed by atoms with Gasteiger partial charge in [-0.3, -0.25) is 0 Å². The Labute approximate surface area is 47.3 Å². The Hall–Kier alpha value is -0.150. The molecule has 1 atom stereocenters. The van der Waals surface area contributed by atoms with Crippen LogP contribution < -0.4 is 0 Å². The quantitative estimate of drug-likeness (QED) is 0.532. The smallest absolute Gasteiger partial charge is 0.120 e. The third-order valence-electron chi connectivity index (χ3n) is 1.33. The highest BCUT2D eigenvalue weighted by Crippen LogP contribution is 2.17. The molecule has 0 aliphatic carbocycles. The van der Waals surface area contributed by atoms with Crippen LogP contribution in [0, 0.1) is 0 Å². The highest BCUT2D eigenvalue weighted by atomic mass is 19.1. The molecule has 1 rings (SSSR count). The fourth-order valence-electron chi connectivity index (χ4n) is 0.702. The lowest BCUT2D eigenvalue weighted by molar-refractivity contribution is 0.00590. The summed E-state index contributed by atoms with van der Waals surface area (Å²) in [6.07, 6.45) is 0.434. The van der Waals surface area contributed by atoms with Crippen LogP contribution in [0.1, 0.15) is 6.42 Å². The number of rotatable bonds is 1. The average molecular weight is 120 g/mol. The standard InChI is InChI=1S/C5H9FO2/c6-3-5(7)1-2-8-4-5/h7H,1-4H2. The third-order valence-corrected chi connectivity index (χ3v) is 1.33. The van der Waals surface area contributed by atoms with Gasteiger partial charge in [-0.05, 0) is 0 Å². The Kier molecular flexibility index (Phi) is 1.49. The van der Waals surface area contributed by atoms with Crippen molar-refractivity contribution in [1.82, 2.24) is 0 Å². The molecular formula is C5H9FO2. The predicted octanol–water partition coefficient (Wildman–Crippen LogP) is 0.107. The molecule has 0 saturated carbocycles. The number of halogens is 1. The molecule has 8 heavy (non-hydrogen) atoms. The summed E-state index contributed by atoms with van der Waals surface area (Å²) in [6.45, 7) is -0.0447. The molecule has 3 heteroatoms. The number of alkyl halides is 1. The van der Waals surface area contributed by atoms with E-state index in [2.05, 4.69) is 0 Å². The van der Waals surface area contributed by atoms with Crippen LogP contribution in [0.4, 0.5) is 4.39 Å². The lowest BCUT2D eigenvalue weighted by Gasteiger charge is -2.13. The summed E-state index contributed by atoms with van der Waals surface area (Å²) in [7, 11) is 0. The van der Waals surface area contributed by atoms with Crippen LogP contribution in [-0.2, 0) is 4.74 Å². The molecule has 48 valence electrons. The zero-order valence-electron chi connectivity index (χ0n) is 4.56. The van der Waals surface area contributed by atoms with Crippen molar-refractivity contribution in [2.75, 3.05) is 19.9 Å². The molecule has 0 aromatic rings. The molecular weight excluding hydrogens is 111 g/mol. The highest BCUT2D eigenvalue weighted by molar-refractivity contribution is 4.81. The van der Waals surface area contributed by atoms with Crippen molar-refractivity contribution in [1.29, 1.82) is 0 Å². The number of aliphatic hydroxyl groups is 1. The van der Waals surface area contributed by atoms with E-state index < -0.39 is 12.3 Å². The van der Waals surface area contributed by atoms with Gasteiger partial charge in [-0.2, -0.15) is 0 Å². The topological polar surface area (TPSA) is 29.5 Å². The number of hydrogen-bond donors (Lipinski definition) is 1. The molecule has 0 bridgehead atoms. The SMILES string of the molecule is OC1(CF)CCOC1. The molecule has 1 N–H and O–H groups in total. The molecule has 1 saturated heterocycles. The van der Waals surface area contributed by atoms with Gasteiger partial charge >= 0.3 is 0 Å². The van der Waals surface area contributed by atoms with E-state index in [0.717, 1.165) is 0 Å².